The van der Waals surface area contributed by atoms with Crippen molar-refractivity contribution in [2.24, 2.45) is 5.92 Å². The van der Waals surface area contributed by atoms with Crippen molar-refractivity contribution >= 4 is 0 Å². The molecule has 0 saturated carbocycles. The lowest BCUT2D eigenvalue weighted by molar-refractivity contribution is 0.111. The zero-order chi connectivity index (χ0) is 15.4. The number of rotatable bonds is 5. The van der Waals surface area contributed by atoms with E-state index >= 15 is 0 Å². The van der Waals surface area contributed by atoms with Gasteiger partial charge in [-0.05, 0) is 38.8 Å². The van der Waals surface area contributed by atoms with Crippen LogP contribution in [0.25, 0.3) is 0 Å². The predicted octanol–water partition coefficient (Wildman–Crippen LogP) is 1.77. The van der Waals surface area contributed by atoms with Crippen molar-refractivity contribution in [2.45, 2.75) is 33.2 Å². The van der Waals surface area contributed by atoms with Gasteiger partial charge in [-0.25, -0.2) is 9.97 Å². The highest BCUT2D eigenvalue weighted by Crippen LogP contribution is 2.19. The second-order valence-electron chi connectivity index (χ2n) is 5.83. The molecule has 22 heavy (non-hydrogen) atoms. The molecule has 1 saturated heterocycles. The molecule has 0 aliphatic carbocycles. The van der Waals surface area contributed by atoms with Gasteiger partial charge < -0.3 is 9.26 Å². The van der Waals surface area contributed by atoms with E-state index in [0.29, 0.717) is 36.8 Å². The zero-order valence-electron chi connectivity index (χ0n) is 13.0. The molecule has 1 aliphatic heterocycles. The molecule has 2 aromatic rings. The number of aryl methyl sites for hydroxylation is 2. The Balaban J connectivity index is 1.49. The average Bonchev–Trinajstić information content (AvgIpc) is 2.92. The lowest BCUT2D eigenvalue weighted by Crippen LogP contribution is -2.37. The Kier molecular flexibility index (Phi) is 4.62. The summed E-state index contributed by atoms with van der Waals surface area (Å²) < 4.78 is 10.9. The number of aromatic nitrogens is 4. The minimum Gasteiger partial charge on any atom is -0.463 e. The number of hydrogen-bond donors (Lipinski definition) is 0. The Labute approximate surface area is 129 Å². The van der Waals surface area contributed by atoms with Crippen LogP contribution >= 0.6 is 0 Å². The van der Waals surface area contributed by atoms with Crippen molar-refractivity contribution in [3.63, 3.8) is 0 Å². The van der Waals surface area contributed by atoms with Gasteiger partial charge in [-0.1, -0.05) is 5.16 Å². The van der Waals surface area contributed by atoms with E-state index in [0.717, 1.165) is 31.5 Å². The summed E-state index contributed by atoms with van der Waals surface area (Å²) in [4.78, 5) is 14.9. The fraction of sp³-hybridized carbons (Fsp3) is 0.600. The SMILES string of the molecule is Cc1cnc(OCC2CCCN(Cc3nc(C)no3)C2)nc1. The molecule has 7 heteroatoms. The molecule has 1 aliphatic rings. The summed E-state index contributed by atoms with van der Waals surface area (Å²) in [6.45, 7) is 7.16. The van der Waals surface area contributed by atoms with Crippen molar-refractivity contribution in [3.8, 4) is 6.01 Å². The lowest BCUT2D eigenvalue weighted by Gasteiger charge is -2.31. The number of ether oxygens (including phenoxy) is 1. The fourth-order valence-corrected chi connectivity index (χ4v) is 2.67. The van der Waals surface area contributed by atoms with Gasteiger partial charge >= 0.3 is 6.01 Å². The molecule has 118 valence electrons. The standard InChI is InChI=1S/C15H21N5O2/c1-11-6-16-15(17-7-11)21-10-13-4-3-5-20(8-13)9-14-18-12(2)19-22-14/h6-7,13H,3-5,8-10H2,1-2H3. The molecule has 3 rings (SSSR count). The van der Waals surface area contributed by atoms with E-state index in [1.807, 2.05) is 13.8 Å². The molecule has 0 amide bonds. The number of likely N-dealkylation sites (tertiary alicyclic amines) is 1. The Morgan fingerprint density at radius 1 is 1.32 bits per heavy atom. The van der Waals surface area contributed by atoms with Crippen molar-refractivity contribution in [1.29, 1.82) is 0 Å². The summed E-state index contributed by atoms with van der Waals surface area (Å²) in [5.74, 6) is 1.84. The van der Waals surface area contributed by atoms with E-state index in [4.69, 9.17) is 9.26 Å². The van der Waals surface area contributed by atoms with Gasteiger partial charge in [-0.2, -0.15) is 4.98 Å². The number of piperidine rings is 1. The maximum atomic E-state index is 5.70. The van der Waals surface area contributed by atoms with Crippen LogP contribution in [-0.2, 0) is 6.54 Å². The van der Waals surface area contributed by atoms with E-state index in [1.54, 1.807) is 12.4 Å². The predicted molar refractivity (Wildman–Crippen MR) is 79.3 cm³/mol. The quantitative estimate of drug-likeness (QED) is 0.833. The Hall–Kier alpha value is -2.02. The number of hydrogen-bond acceptors (Lipinski definition) is 7. The Morgan fingerprint density at radius 3 is 2.86 bits per heavy atom. The molecule has 1 atom stereocenters. The van der Waals surface area contributed by atoms with Crippen LogP contribution < -0.4 is 4.74 Å². The van der Waals surface area contributed by atoms with Crippen LogP contribution in [0.3, 0.4) is 0 Å². The highest BCUT2D eigenvalue weighted by atomic mass is 16.5. The van der Waals surface area contributed by atoms with Crippen molar-refractivity contribution in [1.82, 2.24) is 25.0 Å². The van der Waals surface area contributed by atoms with Gasteiger partial charge in [0, 0.05) is 24.9 Å². The maximum Gasteiger partial charge on any atom is 0.316 e. The molecular weight excluding hydrogens is 282 g/mol. The first-order valence-corrected chi connectivity index (χ1v) is 7.62. The van der Waals surface area contributed by atoms with E-state index in [1.165, 1.54) is 0 Å². The molecule has 1 fully saturated rings. The summed E-state index contributed by atoms with van der Waals surface area (Å²) in [6, 6.07) is 0.454. The number of nitrogens with zero attached hydrogens (tertiary/aromatic N) is 5. The van der Waals surface area contributed by atoms with Crippen molar-refractivity contribution in [3.05, 3.63) is 29.7 Å². The summed E-state index contributed by atoms with van der Waals surface area (Å²) in [7, 11) is 0. The van der Waals surface area contributed by atoms with Crippen LogP contribution in [0.5, 0.6) is 6.01 Å². The second kappa shape index (κ2) is 6.83. The van der Waals surface area contributed by atoms with E-state index in [2.05, 4.69) is 25.0 Å². The summed E-state index contributed by atoms with van der Waals surface area (Å²) in [6.07, 6.45) is 5.85. The van der Waals surface area contributed by atoms with Gasteiger partial charge in [0.2, 0.25) is 5.89 Å². The van der Waals surface area contributed by atoms with Crippen LogP contribution in [0.4, 0.5) is 0 Å². The minimum absolute atomic E-state index is 0.454. The first-order valence-electron chi connectivity index (χ1n) is 7.62. The molecular formula is C15H21N5O2. The molecule has 0 aromatic carbocycles. The van der Waals surface area contributed by atoms with Crippen LogP contribution in [0, 0.1) is 19.8 Å². The highest BCUT2D eigenvalue weighted by molar-refractivity contribution is 5.04. The first-order chi connectivity index (χ1) is 10.7. The molecule has 2 aromatic heterocycles. The second-order valence-corrected chi connectivity index (χ2v) is 5.83. The fourth-order valence-electron chi connectivity index (χ4n) is 2.67. The third-order valence-electron chi connectivity index (χ3n) is 3.74. The Morgan fingerprint density at radius 2 is 2.14 bits per heavy atom. The average molecular weight is 303 g/mol. The largest absolute Gasteiger partial charge is 0.463 e. The van der Waals surface area contributed by atoms with E-state index in [-0.39, 0.29) is 0 Å². The van der Waals surface area contributed by atoms with E-state index < -0.39 is 0 Å². The van der Waals surface area contributed by atoms with Crippen molar-refractivity contribution < 1.29 is 9.26 Å². The molecule has 1 unspecified atom stereocenters. The van der Waals surface area contributed by atoms with Crippen LogP contribution in [0.2, 0.25) is 0 Å². The van der Waals surface area contributed by atoms with Gasteiger partial charge in [0.15, 0.2) is 5.82 Å². The molecule has 3 heterocycles. The summed E-state index contributed by atoms with van der Waals surface area (Å²) in [5.41, 5.74) is 1.03. The van der Waals surface area contributed by atoms with E-state index in [9.17, 15) is 0 Å². The summed E-state index contributed by atoms with van der Waals surface area (Å²) in [5, 5.41) is 3.83. The maximum absolute atomic E-state index is 5.70. The van der Waals surface area contributed by atoms with Crippen molar-refractivity contribution in [2.75, 3.05) is 19.7 Å². The normalized spacial score (nSPS) is 19.3. The van der Waals surface area contributed by atoms with Gasteiger partial charge in [0.05, 0.1) is 13.2 Å². The molecule has 0 bridgehead atoms. The van der Waals surface area contributed by atoms with Gasteiger partial charge in [-0.3, -0.25) is 4.90 Å². The third-order valence-corrected chi connectivity index (χ3v) is 3.74. The molecule has 0 radical (unpaired) electrons. The molecule has 0 N–H and O–H groups in total. The smallest absolute Gasteiger partial charge is 0.316 e. The molecule has 0 spiro atoms. The van der Waals surface area contributed by atoms with Gasteiger partial charge in [0.25, 0.3) is 0 Å². The van der Waals surface area contributed by atoms with Crippen LogP contribution in [-0.4, -0.2) is 44.7 Å². The third kappa shape index (κ3) is 4.00. The lowest BCUT2D eigenvalue weighted by atomic mass is 9.99. The molecule has 7 nitrogen and oxygen atoms in total. The summed E-state index contributed by atoms with van der Waals surface area (Å²) >= 11 is 0. The first kappa shape index (κ1) is 14.9. The van der Waals surface area contributed by atoms with Crippen LogP contribution in [0.15, 0.2) is 16.9 Å². The van der Waals surface area contributed by atoms with Gasteiger partial charge in [-0.15, -0.1) is 0 Å². The van der Waals surface area contributed by atoms with Gasteiger partial charge in [0.1, 0.15) is 0 Å². The highest BCUT2D eigenvalue weighted by Gasteiger charge is 2.22. The minimum atomic E-state index is 0.454. The monoisotopic (exact) mass is 303 g/mol. The Bertz CT molecular complexity index is 598. The van der Waals surface area contributed by atoms with Crippen LogP contribution in [0.1, 0.15) is 30.1 Å². The zero-order valence-corrected chi connectivity index (χ0v) is 13.0. The topological polar surface area (TPSA) is 77.2 Å².